The number of amides is 1. The van der Waals surface area contributed by atoms with Crippen LogP contribution in [-0.4, -0.2) is 40.8 Å². The van der Waals surface area contributed by atoms with Gasteiger partial charge >= 0.3 is 12.1 Å². The van der Waals surface area contributed by atoms with Gasteiger partial charge in [-0.2, -0.15) is 0 Å². The maximum absolute atomic E-state index is 11.6. The molecule has 1 N–H and O–H groups in total. The van der Waals surface area contributed by atoms with Gasteiger partial charge in [-0.15, -0.1) is 0 Å². The fourth-order valence-corrected chi connectivity index (χ4v) is 2.28. The average molecular weight is 241 g/mol. The van der Waals surface area contributed by atoms with Gasteiger partial charge in [-0.05, 0) is 39.0 Å². The Morgan fingerprint density at radius 1 is 1.29 bits per heavy atom. The molecule has 0 radical (unpaired) electrons. The van der Waals surface area contributed by atoms with E-state index in [1.54, 1.807) is 4.90 Å². The van der Waals surface area contributed by atoms with E-state index in [4.69, 9.17) is 9.84 Å². The topological polar surface area (TPSA) is 66.8 Å². The van der Waals surface area contributed by atoms with Crippen molar-refractivity contribution in [1.82, 2.24) is 4.90 Å². The monoisotopic (exact) mass is 241 g/mol. The second-order valence-electron chi connectivity index (χ2n) is 5.99. The maximum Gasteiger partial charge on any atom is 0.410 e. The molecule has 2 rings (SSSR count). The van der Waals surface area contributed by atoms with Crippen molar-refractivity contribution < 1.29 is 19.4 Å². The Morgan fingerprint density at radius 2 is 1.88 bits per heavy atom. The standard InChI is InChI=1S/C12H19NO4/c1-12(2,3)17-11(16)13-5-7(6-13)8-4-9(8)10(14)15/h7-9H,4-6H2,1-3H3,(H,14,15)/t8-,9+/m0/s1. The van der Waals surface area contributed by atoms with Crippen LogP contribution in [0.15, 0.2) is 0 Å². The molecular formula is C12H19NO4. The SMILES string of the molecule is CC(C)(C)OC(=O)N1CC([C@@H]2C[C@H]2C(=O)O)C1. The molecular weight excluding hydrogens is 222 g/mol. The van der Waals surface area contributed by atoms with Crippen molar-refractivity contribution in [3.63, 3.8) is 0 Å². The highest BCUT2D eigenvalue weighted by molar-refractivity contribution is 5.74. The zero-order valence-corrected chi connectivity index (χ0v) is 10.5. The molecule has 2 fully saturated rings. The van der Waals surface area contributed by atoms with Crippen LogP contribution in [0.4, 0.5) is 4.79 Å². The number of carbonyl (C=O) groups is 2. The highest BCUT2D eigenvalue weighted by Crippen LogP contribution is 2.47. The molecule has 1 heterocycles. The van der Waals surface area contributed by atoms with E-state index < -0.39 is 11.6 Å². The van der Waals surface area contributed by atoms with Gasteiger partial charge in [0.1, 0.15) is 5.60 Å². The summed E-state index contributed by atoms with van der Waals surface area (Å²) in [7, 11) is 0. The van der Waals surface area contributed by atoms with E-state index in [1.165, 1.54) is 0 Å². The third kappa shape index (κ3) is 2.70. The van der Waals surface area contributed by atoms with Crippen molar-refractivity contribution in [2.75, 3.05) is 13.1 Å². The van der Waals surface area contributed by atoms with Gasteiger partial charge < -0.3 is 14.7 Å². The van der Waals surface area contributed by atoms with E-state index in [-0.39, 0.29) is 17.9 Å². The summed E-state index contributed by atoms with van der Waals surface area (Å²) < 4.78 is 5.24. The summed E-state index contributed by atoms with van der Waals surface area (Å²) in [5.74, 6) is -0.263. The van der Waals surface area contributed by atoms with Gasteiger partial charge in [0.05, 0.1) is 5.92 Å². The van der Waals surface area contributed by atoms with Gasteiger partial charge in [-0.25, -0.2) is 4.79 Å². The lowest BCUT2D eigenvalue weighted by Gasteiger charge is -2.40. The molecule has 5 heteroatoms. The summed E-state index contributed by atoms with van der Waals surface area (Å²) in [4.78, 5) is 24.0. The fraction of sp³-hybridized carbons (Fsp3) is 0.833. The quantitative estimate of drug-likeness (QED) is 0.797. The normalized spacial score (nSPS) is 28.5. The Kier molecular flexibility index (Phi) is 2.79. The highest BCUT2D eigenvalue weighted by Gasteiger charge is 2.52. The molecule has 96 valence electrons. The van der Waals surface area contributed by atoms with Crippen molar-refractivity contribution in [2.45, 2.75) is 32.8 Å². The first-order valence-electron chi connectivity index (χ1n) is 5.98. The van der Waals surface area contributed by atoms with Gasteiger partial charge in [-0.3, -0.25) is 4.79 Å². The predicted octanol–water partition coefficient (Wildman–Crippen LogP) is 1.57. The summed E-state index contributed by atoms with van der Waals surface area (Å²) >= 11 is 0. The van der Waals surface area contributed by atoms with Gasteiger partial charge in [0.2, 0.25) is 0 Å². The molecule has 2 aliphatic rings. The molecule has 0 spiro atoms. The Balaban J connectivity index is 1.73. The molecule has 0 aromatic heterocycles. The molecule has 2 atom stereocenters. The first-order chi connectivity index (χ1) is 7.78. The summed E-state index contributed by atoms with van der Waals surface area (Å²) in [6.07, 6.45) is 0.476. The number of carboxylic acids is 1. The van der Waals surface area contributed by atoms with E-state index in [2.05, 4.69) is 0 Å². The van der Waals surface area contributed by atoms with E-state index in [1.807, 2.05) is 20.8 Å². The first-order valence-corrected chi connectivity index (χ1v) is 5.98. The number of hydrogen-bond acceptors (Lipinski definition) is 3. The summed E-state index contributed by atoms with van der Waals surface area (Å²) in [5.41, 5.74) is -0.467. The van der Waals surface area contributed by atoms with E-state index in [0.29, 0.717) is 19.0 Å². The van der Waals surface area contributed by atoms with Crippen molar-refractivity contribution >= 4 is 12.1 Å². The molecule has 5 nitrogen and oxygen atoms in total. The molecule has 1 saturated heterocycles. The molecule has 1 aliphatic heterocycles. The minimum absolute atomic E-state index is 0.180. The van der Waals surface area contributed by atoms with Crippen molar-refractivity contribution in [2.24, 2.45) is 17.8 Å². The van der Waals surface area contributed by atoms with Crippen LogP contribution in [0, 0.1) is 17.8 Å². The third-order valence-electron chi connectivity index (χ3n) is 3.32. The van der Waals surface area contributed by atoms with Crippen LogP contribution in [0.25, 0.3) is 0 Å². The third-order valence-corrected chi connectivity index (χ3v) is 3.32. The van der Waals surface area contributed by atoms with Crippen molar-refractivity contribution in [3.8, 4) is 0 Å². The number of hydrogen-bond donors (Lipinski definition) is 1. The van der Waals surface area contributed by atoms with Gasteiger partial charge in [-0.1, -0.05) is 0 Å². The minimum Gasteiger partial charge on any atom is -0.481 e. The lowest BCUT2D eigenvalue weighted by Crippen LogP contribution is -2.52. The Morgan fingerprint density at radius 3 is 2.29 bits per heavy atom. The maximum atomic E-state index is 11.6. The minimum atomic E-state index is -0.703. The van der Waals surface area contributed by atoms with Crippen LogP contribution in [0.1, 0.15) is 27.2 Å². The molecule has 1 aliphatic carbocycles. The number of ether oxygens (including phenoxy) is 1. The number of nitrogens with zero attached hydrogens (tertiary/aromatic N) is 1. The van der Waals surface area contributed by atoms with Crippen molar-refractivity contribution in [3.05, 3.63) is 0 Å². The summed E-state index contributed by atoms with van der Waals surface area (Å²) in [5, 5.41) is 8.81. The zero-order chi connectivity index (χ0) is 12.8. The van der Waals surface area contributed by atoms with Crippen LogP contribution < -0.4 is 0 Å². The predicted molar refractivity (Wildman–Crippen MR) is 60.5 cm³/mol. The Labute approximate surface area is 101 Å². The number of aliphatic carboxylic acids is 1. The lowest BCUT2D eigenvalue weighted by molar-refractivity contribution is -0.139. The molecule has 0 aromatic carbocycles. The van der Waals surface area contributed by atoms with E-state index in [0.717, 1.165) is 6.42 Å². The van der Waals surface area contributed by atoms with Crippen LogP contribution in [0.2, 0.25) is 0 Å². The molecule has 0 bridgehead atoms. The lowest BCUT2D eigenvalue weighted by atomic mass is 9.94. The van der Waals surface area contributed by atoms with Crippen LogP contribution >= 0.6 is 0 Å². The van der Waals surface area contributed by atoms with Gasteiger partial charge in [0.15, 0.2) is 0 Å². The molecule has 1 amide bonds. The average Bonchev–Trinajstić information content (AvgIpc) is 2.76. The van der Waals surface area contributed by atoms with E-state index in [9.17, 15) is 9.59 Å². The molecule has 17 heavy (non-hydrogen) atoms. The number of carbonyl (C=O) groups excluding carboxylic acids is 1. The van der Waals surface area contributed by atoms with Crippen LogP contribution in [0.5, 0.6) is 0 Å². The summed E-state index contributed by atoms with van der Waals surface area (Å²) in [6, 6.07) is 0. The first kappa shape index (κ1) is 12.2. The fourth-order valence-electron chi connectivity index (χ4n) is 2.28. The smallest absolute Gasteiger partial charge is 0.410 e. The number of carboxylic acid groups (broad SMARTS) is 1. The molecule has 0 aromatic rings. The van der Waals surface area contributed by atoms with Crippen LogP contribution in [-0.2, 0) is 9.53 Å². The highest BCUT2D eigenvalue weighted by atomic mass is 16.6. The summed E-state index contributed by atoms with van der Waals surface area (Å²) in [6.45, 7) is 6.79. The molecule has 0 unspecified atom stereocenters. The van der Waals surface area contributed by atoms with Gasteiger partial charge in [0, 0.05) is 13.1 Å². The second-order valence-corrected chi connectivity index (χ2v) is 5.99. The Hall–Kier alpha value is -1.26. The zero-order valence-electron chi connectivity index (χ0n) is 10.5. The van der Waals surface area contributed by atoms with Crippen molar-refractivity contribution in [1.29, 1.82) is 0 Å². The van der Waals surface area contributed by atoms with E-state index >= 15 is 0 Å². The number of rotatable bonds is 2. The number of likely N-dealkylation sites (tertiary alicyclic amines) is 1. The van der Waals surface area contributed by atoms with Crippen LogP contribution in [0.3, 0.4) is 0 Å². The largest absolute Gasteiger partial charge is 0.481 e. The Bertz CT molecular complexity index is 341. The van der Waals surface area contributed by atoms with Gasteiger partial charge in [0.25, 0.3) is 0 Å². The second kappa shape index (κ2) is 3.89. The molecule has 1 saturated carbocycles.